The van der Waals surface area contributed by atoms with E-state index in [9.17, 15) is 4.39 Å². The van der Waals surface area contributed by atoms with Crippen molar-refractivity contribution in [2.45, 2.75) is 0 Å². The van der Waals surface area contributed by atoms with Crippen LogP contribution in [0.25, 0.3) is 0 Å². The molecule has 0 bridgehead atoms. The summed E-state index contributed by atoms with van der Waals surface area (Å²) >= 11 is 5.60. The highest BCUT2D eigenvalue weighted by atomic mass is 35.5. The van der Waals surface area contributed by atoms with Crippen LogP contribution >= 0.6 is 11.6 Å². The second-order valence-electron chi connectivity index (χ2n) is 2.29. The van der Waals surface area contributed by atoms with E-state index >= 15 is 0 Å². The summed E-state index contributed by atoms with van der Waals surface area (Å²) in [4.78, 5) is 0. The highest BCUT2D eigenvalue weighted by Crippen LogP contribution is 2.23. The zero-order valence-corrected chi connectivity index (χ0v) is 7.40. The SMILES string of the molecule is Nc1ccc(C#CCO)c(Cl)c1F. The number of anilines is 1. The third-order valence-electron chi connectivity index (χ3n) is 1.41. The molecule has 0 aromatic heterocycles. The summed E-state index contributed by atoms with van der Waals surface area (Å²) in [6.45, 7) is -0.289. The van der Waals surface area contributed by atoms with Crippen LogP contribution in [-0.2, 0) is 0 Å². The van der Waals surface area contributed by atoms with Crippen LogP contribution < -0.4 is 5.73 Å². The lowest BCUT2D eigenvalue weighted by Gasteiger charge is -2.00. The Kier molecular flexibility index (Phi) is 3.13. The summed E-state index contributed by atoms with van der Waals surface area (Å²) in [5.41, 5.74) is 5.57. The summed E-state index contributed by atoms with van der Waals surface area (Å²) < 4.78 is 13.0. The highest BCUT2D eigenvalue weighted by Gasteiger charge is 2.07. The average molecular weight is 200 g/mol. The van der Waals surface area contributed by atoms with Crippen LogP contribution in [0.3, 0.4) is 0 Å². The molecule has 2 nitrogen and oxygen atoms in total. The third kappa shape index (κ3) is 2.11. The number of nitrogen functional groups attached to an aromatic ring is 1. The fraction of sp³-hybridized carbons (Fsp3) is 0.111. The molecule has 0 fully saturated rings. The Hall–Kier alpha value is -1.24. The molecule has 68 valence electrons. The summed E-state index contributed by atoms with van der Waals surface area (Å²) in [6.07, 6.45) is 0. The zero-order valence-electron chi connectivity index (χ0n) is 6.64. The molecular weight excluding hydrogens is 193 g/mol. The first-order valence-corrected chi connectivity index (χ1v) is 3.88. The van der Waals surface area contributed by atoms with Crippen LogP contribution in [-0.4, -0.2) is 11.7 Å². The van der Waals surface area contributed by atoms with Crippen molar-refractivity contribution in [3.8, 4) is 11.8 Å². The van der Waals surface area contributed by atoms with Crippen molar-refractivity contribution in [1.82, 2.24) is 0 Å². The van der Waals surface area contributed by atoms with Crippen LogP contribution in [0.2, 0.25) is 5.02 Å². The monoisotopic (exact) mass is 199 g/mol. The lowest BCUT2D eigenvalue weighted by atomic mass is 10.2. The van der Waals surface area contributed by atoms with Gasteiger partial charge in [0.15, 0.2) is 5.82 Å². The van der Waals surface area contributed by atoms with Crippen LogP contribution in [0.5, 0.6) is 0 Å². The van der Waals surface area contributed by atoms with Crippen LogP contribution in [0, 0.1) is 17.7 Å². The van der Waals surface area contributed by atoms with Gasteiger partial charge in [0.2, 0.25) is 0 Å². The minimum atomic E-state index is -0.675. The quantitative estimate of drug-likeness (QED) is 0.490. The number of rotatable bonds is 0. The first kappa shape index (κ1) is 9.85. The number of hydrogen-bond acceptors (Lipinski definition) is 2. The molecular formula is C9H7ClFNO. The van der Waals surface area contributed by atoms with Gasteiger partial charge in [0.05, 0.1) is 10.7 Å². The Morgan fingerprint density at radius 2 is 2.23 bits per heavy atom. The van der Waals surface area contributed by atoms with Crippen LogP contribution in [0.4, 0.5) is 10.1 Å². The van der Waals surface area contributed by atoms with E-state index in [4.69, 9.17) is 22.4 Å². The van der Waals surface area contributed by atoms with Gasteiger partial charge < -0.3 is 10.8 Å². The molecule has 1 rings (SSSR count). The Balaban J connectivity index is 3.18. The van der Waals surface area contributed by atoms with Crippen molar-refractivity contribution < 1.29 is 9.50 Å². The molecule has 3 N–H and O–H groups in total. The maximum absolute atomic E-state index is 13.0. The molecule has 4 heteroatoms. The summed E-state index contributed by atoms with van der Waals surface area (Å²) in [7, 11) is 0. The van der Waals surface area contributed by atoms with E-state index in [-0.39, 0.29) is 17.3 Å². The smallest absolute Gasteiger partial charge is 0.165 e. The molecule has 0 radical (unpaired) electrons. The molecule has 1 aromatic carbocycles. The third-order valence-corrected chi connectivity index (χ3v) is 1.78. The number of aliphatic hydroxyl groups is 1. The normalized spacial score (nSPS) is 9.15. The molecule has 0 amide bonds. The van der Waals surface area contributed by atoms with Crippen molar-refractivity contribution >= 4 is 17.3 Å². The van der Waals surface area contributed by atoms with Gasteiger partial charge in [0, 0.05) is 5.56 Å². The zero-order chi connectivity index (χ0) is 9.84. The predicted octanol–water partition coefficient (Wildman–Crippen LogP) is 1.41. The summed E-state index contributed by atoms with van der Waals surface area (Å²) in [5, 5.41) is 8.30. The maximum atomic E-state index is 13.0. The van der Waals surface area contributed by atoms with Gasteiger partial charge in [-0.1, -0.05) is 23.4 Å². The summed E-state index contributed by atoms with van der Waals surface area (Å²) in [5.74, 6) is 4.19. The molecule has 0 aliphatic heterocycles. The molecule has 0 saturated carbocycles. The van der Waals surface area contributed by atoms with E-state index in [2.05, 4.69) is 11.8 Å². The molecule has 13 heavy (non-hydrogen) atoms. The standard InChI is InChI=1S/C9H7ClFNO/c10-8-6(2-1-5-13)3-4-7(12)9(8)11/h3-4,13H,5,12H2. The van der Waals surface area contributed by atoms with Gasteiger partial charge in [-0.05, 0) is 12.1 Å². The van der Waals surface area contributed by atoms with Gasteiger partial charge in [0.25, 0.3) is 0 Å². The Morgan fingerprint density at radius 3 is 2.85 bits per heavy atom. The molecule has 0 unspecified atom stereocenters. The van der Waals surface area contributed by atoms with Gasteiger partial charge in [-0.25, -0.2) is 4.39 Å². The lowest BCUT2D eigenvalue weighted by Crippen LogP contribution is -1.93. The fourth-order valence-electron chi connectivity index (χ4n) is 0.796. The average Bonchev–Trinajstić information content (AvgIpc) is 2.13. The van der Waals surface area contributed by atoms with E-state index in [1.807, 2.05) is 0 Å². The number of nitrogens with two attached hydrogens (primary N) is 1. The molecule has 0 atom stereocenters. The first-order valence-electron chi connectivity index (χ1n) is 3.50. The number of hydrogen-bond donors (Lipinski definition) is 2. The van der Waals surface area contributed by atoms with Gasteiger partial charge in [0.1, 0.15) is 6.61 Å². The van der Waals surface area contributed by atoms with Crippen molar-refractivity contribution in [2.75, 3.05) is 12.3 Å². The van der Waals surface area contributed by atoms with Crippen molar-refractivity contribution in [3.05, 3.63) is 28.5 Å². The highest BCUT2D eigenvalue weighted by molar-refractivity contribution is 6.32. The Labute approximate surface area is 80.1 Å². The second-order valence-corrected chi connectivity index (χ2v) is 2.67. The van der Waals surface area contributed by atoms with Gasteiger partial charge >= 0.3 is 0 Å². The van der Waals surface area contributed by atoms with E-state index in [0.717, 1.165) is 0 Å². The number of halogens is 2. The largest absolute Gasteiger partial charge is 0.396 e. The van der Waals surface area contributed by atoms with Gasteiger partial charge in [-0.2, -0.15) is 0 Å². The lowest BCUT2D eigenvalue weighted by molar-refractivity contribution is 0.350. The minimum absolute atomic E-state index is 0.0143. The van der Waals surface area contributed by atoms with Crippen molar-refractivity contribution in [2.24, 2.45) is 0 Å². The Morgan fingerprint density at radius 1 is 1.54 bits per heavy atom. The second kappa shape index (κ2) is 4.13. The molecule has 0 aliphatic carbocycles. The molecule has 0 aliphatic rings. The van der Waals surface area contributed by atoms with E-state index < -0.39 is 5.82 Å². The van der Waals surface area contributed by atoms with E-state index in [1.54, 1.807) is 0 Å². The first-order chi connectivity index (χ1) is 6.16. The molecule has 0 saturated heterocycles. The van der Waals surface area contributed by atoms with Crippen LogP contribution in [0.1, 0.15) is 5.56 Å². The number of aliphatic hydroxyl groups excluding tert-OH is 1. The van der Waals surface area contributed by atoms with Crippen molar-refractivity contribution in [1.29, 1.82) is 0 Å². The molecule has 1 aromatic rings. The van der Waals surface area contributed by atoms with E-state index in [0.29, 0.717) is 5.56 Å². The van der Waals surface area contributed by atoms with Gasteiger partial charge in [-0.15, -0.1) is 0 Å². The molecule has 0 heterocycles. The topological polar surface area (TPSA) is 46.2 Å². The molecule has 0 spiro atoms. The number of benzene rings is 1. The van der Waals surface area contributed by atoms with Crippen molar-refractivity contribution in [3.63, 3.8) is 0 Å². The van der Waals surface area contributed by atoms with Gasteiger partial charge in [-0.3, -0.25) is 0 Å². The maximum Gasteiger partial charge on any atom is 0.165 e. The minimum Gasteiger partial charge on any atom is -0.396 e. The fourth-order valence-corrected chi connectivity index (χ4v) is 1.02. The summed E-state index contributed by atoms with van der Waals surface area (Å²) in [6, 6.07) is 2.88. The Bertz CT molecular complexity index is 381. The predicted molar refractivity (Wildman–Crippen MR) is 49.8 cm³/mol. The van der Waals surface area contributed by atoms with Crippen LogP contribution in [0.15, 0.2) is 12.1 Å². The van der Waals surface area contributed by atoms with E-state index in [1.165, 1.54) is 12.1 Å².